The van der Waals surface area contributed by atoms with Gasteiger partial charge in [0.05, 0.1) is 18.7 Å². The number of rotatable bonds is 6. The fourth-order valence-electron chi connectivity index (χ4n) is 3.05. The quantitative estimate of drug-likeness (QED) is 0.817. The monoisotopic (exact) mass is 340 g/mol. The average molecular weight is 340 g/mol. The zero-order chi connectivity index (χ0) is 17.5. The van der Waals surface area contributed by atoms with Gasteiger partial charge in [-0.25, -0.2) is 4.98 Å². The third-order valence-corrected chi connectivity index (χ3v) is 4.33. The van der Waals surface area contributed by atoms with Crippen LogP contribution in [0.2, 0.25) is 0 Å². The molecule has 0 spiro atoms. The normalized spacial score (nSPS) is 17.2. The van der Waals surface area contributed by atoms with Crippen molar-refractivity contribution in [2.24, 2.45) is 5.92 Å². The summed E-state index contributed by atoms with van der Waals surface area (Å²) in [6, 6.07) is 7.91. The first-order valence-corrected chi connectivity index (χ1v) is 8.70. The number of piperidine rings is 1. The van der Waals surface area contributed by atoms with Gasteiger partial charge in [-0.3, -0.25) is 9.78 Å². The van der Waals surface area contributed by atoms with E-state index < -0.39 is 0 Å². The van der Waals surface area contributed by atoms with Gasteiger partial charge in [0.15, 0.2) is 0 Å². The van der Waals surface area contributed by atoms with E-state index in [-0.39, 0.29) is 11.8 Å². The van der Waals surface area contributed by atoms with E-state index in [1.807, 2.05) is 31.2 Å². The maximum Gasteiger partial charge on any atom is 0.225 e. The van der Waals surface area contributed by atoms with Crippen LogP contribution >= 0.6 is 0 Å². The van der Waals surface area contributed by atoms with Crippen molar-refractivity contribution in [1.29, 1.82) is 0 Å². The highest BCUT2D eigenvalue weighted by Gasteiger charge is 2.26. The molecule has 1 aliphatic heterocycles. The fourth-order valence-corrected chi connectivity index (χ4v) is 3.05. The first kappa shape index (κ1) is 17.2. The summed E-state index contributed by atoms with van der Waals surface area (Å²) < 4.78 is 5.67. The van der Waals surface area contributed by atoms with Crippen LogP contribution in [0, 0.1) is 12.8 Å². The number of carbonyl (C=O) groups excluding carboxylic acids is 1. The standard InChI is InChI=1S/C19H24N4O2/c1-15-4-2-6-17(12-15)25-11-9-22-19(24)16-5-3-10-23(14-16)18-13-20-7-8-21-18/h2,4,6-8,12-13,16H,3,5,9-11,14H2,1H3,(H,22,24). The number of hydrogen-bond acceptors (Lipinski definition) is 5. The molecule has 25 heavy (non-hydrogen) atoms. The number of benzene rings is 1. The highest BCUT2D eigenvalue weighted by atomic mass is 16.5. The van der Waals surface area contributed by atoms with Gasteiger partial charge in [0.25, 0.3) is 0 Å². The molecule has 1 aliphatic rings. The number of nitrogens with zero attached hydrogens (tertiary/aromatic N) is 3. The summed E-state index contributed by atoms with van der Waals surface area (Å²) >= 11 is 0. The van der Waals surface area contributed by atoms with Crippen LogP contribution in [0.1, 0.15) is 18.4 Å². The summed E-state index contributed by atoms with van der Waals surface area (Å²) in [4.78, 5) is 23.0. The van der Waals surface area contributed by atoms with E-state index in [2.05, 4.69) is 20.2 Å². The Kier molecular flexibility index (Phi) is 5.82. The fraction of sp³-hybridized carbons (Fsp3) is 0.421. The van der Waals surface area contributed by atoms with Crippen LogP contribution in [0.15, 0.2) is 42.9 Å². The molecule has 1 fully saturated rings. The van der Waals surface area contributed by atoms with E-state index in [0.717, 1.165) is 36.5 Å². The van der Waals surface area contributed by atoms with Gasteiger partial charge in [-0.1, -0.05) is 12.1 Å². The van der Waals surface area contributed by atoms with Gasteiger partial charge in [-0.05, 0) is 37.5 Å². The van der Waals surface area contributed by atoms with Gasteiger partial charge in [0, 0.05) is 25.5 Å². The molecule has 1 saturated heterocycles. The van der Waals surface area contributed by atoms with Crippen LogP contribution in [0.25, 0.3) is 0 Å². The molecule has 0 radical (unpaired) electrons. The van der Waals surface area contributed by atoms with Crippen molar-refractivity contribution in [2.75, 3.05) is 31.1 Å². The summed E-state index contributed by atoms with van der Waals surface area (Å²) in [5, 5.41) is 2.98. The Morgan fingerprint density at radius 3 is 3.12 bits per heavy atom. The smallest absolute Gasteiger partial charge is 0.225 e. The Bertz CT molecular complexity index is 693. The van der Waals surface area contributed by atoms with Crippen LogP contribution in [0.4, 0.5) is 5.82 Å². The molecular formula is C19H24N4O2. The first-order chi connectivity index (χ1) is 12.2. The molecule has 1 unspecified atom stereocenters. The van der Waals surface area contributed by atoms with E-state index in [0.29, 0.717) is 19.7 Å². The molecule has 1 N–H and O–H groups in total. The Hall–Kier alpha value is -2.63. The minimum Gasteiger partial charge on any atom is -0.492 e. The predicted octanol–water partition coefficient (Wildman–Crippen LogP) is 2.20. The lowest BCUT2D eigenvalue weighted by molar-refractivity contribution is -0.125. The van der Waals surface area contributed by atoms with E-state index in [9.17, 15) is 4.79 Å². The maximum absolute atomic E-state index is 12.4. The SMILES string of the molecule is Cc1cccc(OCCNC(=O)C2CCCN(c3cnccn3)C2)c1. The summed E-state index contributed by atoms with van der Waals surface area (Å²) in [5.74, 6) is 1.74. The maximum atomic E-state index is 12.4. The highest BCUT2D eigenvalue weighted by molar-refractivity contribution is 5.79. The third-order valence-electron chi connectivity index (χ3n) is 4.33. The number of anilines is 1. The number of nitrogens with one attached hydrogen (secondary N) is 1. The number of aryl methyl sites for hydroxylation is 1. The largest absolute Gasteiger partial charge is 0.492 e. The van der Waals surface area contributed by atoms with Crippen LogP contribution < -0.4 is 15.0 Å². The van der Waals surface area contributed by atoms with Crippen molar-refractivity contribution in [3.05, 3.63) is 48.4 Å². The highest BCUT2D eigenvalue weighted by Crippen LogP contribution is 2.20. The number of ether oxygens (including phenoxy) is 1. The van der Waals surface area contributed by atoms with Gasteiger partial charge in [0.1, 0.15) is 18.2 Å². The Morgan fingerprint density at radius 1 is 1.40 bits per heavy atom. The molecule has 2 heterocycles. The molecule has 132 valence electrons. The van der Waals surface area contributed by atoms with Crippen LogP contribution in [-0.2, 0) is 4.79 Å². The van der Waals surface area contributed by atoms with Gasteiger partial charge in [0.2, 0.25) is 5.91 Å². The summed E-state index contributed by atoms with van der Waals surface area (Å²) in [6.45, 7) is 4.60. The van der Waals surface area contributed by atoms with Crippen LogP contribution in [-0.4, -0.2) is 42.1 Å². The second kappa shape index (κ2) is 8.46. The van der Waals surface area contributed by atoms with Gasteiger partial charge in [-0.15, -0.1) is 0 Å². The first-order valence-electron chi connectivity index (χ1n) is 8.70. The molecule has 0 saturated carbocycles. The topological polar surface area (TPSA) is 67.3 Å². The van der Waals surface area contributed by atoms with E-state index in [1.54, 1.807) is 18.6 Å². The van der Waals surface area contributed by atoms with E-state index in [4.69, 9.17) is 4.74 Å². The second-order valence-corrected chi connectivity index (χ2v) is 6.30. The lowest BCUT2D eigenvalue weighted by Gasteiger charge is -2.32. The Morgan fingerprint density at radius 2 is 2.32 bits per heavy atom. The molecule has 2 aromatic rings. The lowest BCUT2D eigenvalue weighted by atomic mass is 9.97. The van der Waals surface area contributed by atoms with Crippen molar-refractivity contribution >= 4 is 11.7 Å². The molecule has 3 rings (SSSR count). The lowest BCUT2D eigenvalue weighted by Crippen LogP contribution is -2.44. The molecule has 6 nitrogen and oxygen atoms in total. The van der Waals surface area contributed by atoms with Crippen molar-refractivity contribution in [3.8, 4) is 5.75 Å². The molecular weight excluding hydrogens is 316 g/mol. The van der Waals surface area contributed by atoms with E-state index >= 15 is 0 Å². The average Bonchev–Trinajstić information content (AvgIpc) is 2.66. The zero-order valence-electron chi connectivity index (χ0n) is 14.5. The number of aromatic nitrogens is 2. The molecule has 0 bridgehead atoms. The molecule has 1 atom stereocenters. The third kappa shape index (κ3) is 4.92. The zero-order valence-corrected chi connectivity index (χ0v) is 14.5. The molecule has 1 amide bonds. The Balaban J connectivity index is 1.43. The molecule has 1 aromatic heterocycles. The Labute approximate surface area is 148 Å². The van der Waals surface area contributed by atoms with Crippen molar-refractivity contribution in [1.82, 2.24) is 15.3 Å². The van der Waals surface area contributed by atoms with Crippen molar-refractivity contribution in [3.63, 3.8) is 0 Å². The predicted molar refractivity (Wildman–Crippen MR) is 96.7 cm³/mol. The van der Waals surface area contributed by atoms with Crippen LogP contribution in [0.3, 0.4) is 0 Å². The van der Waals surface area contributed by atoms with Crippen molar-refractivity contribution in [2.45, 2.75) is 19.8 Å². The minimum absolute atomic E-state index is 0.0188. The number of carbonyl (C=O) groups is 1. The number of amides is 1. The van der Waals surface area contributed by atoms with Gasteiger partial charge < -0.3 is 15.0 Å². The van der Waals surface area contributed by atoms with Crippen LogP contribution in [0.5, 0.6) is 5.75 Å². The summed E-state index contributed by atoms with van der Waals surface area (Å²) in [5.41, 5.74) is 1.16. The molecule has 0 aliphatic carbocycles. The van der Waals surface area contributed by atoms with Crippen molar-refractivity contribution < 1.29 is 9.53 Å². The van der Waals surface area contributed by atoms with E-state index in [1.165, 1.54) is 0 Å². The number of hydrogen-bond donors (Lipinski definition) is 1. The van der Waals surface area contributed by atoms with Gasteiger partial charge >= 0.3 is 0 Å². The minimum atomic E-state index is -0.0188. The summed E-state index contributed by atoms with van der Waals surface area (Å²) in [6.07, 6.45) is 6.97. The molecule has 6 heteroatoms. The molecule has 1 aromatic carbocycles. The second-order valence-electron chi connectivity index (χ2n) is 6.30. The summed E-state index contributed by atoms with van der Waals surface area (Å²) in [7, 11) is 0. The van der Waals surface area contributed by atoms with Gasteiger partial charge in [-0.2, -0.15) is 0 Å².